The van der Waals surface area contributed by atoms with Crippen molar-refractivity contribution in [3.05, 3.63) is 28.5 Å². The van der Waals surface area contributed by atoms with Gasteiger partial charge >= 0.3 is 0 Å². The van der Waals surface area contributed by atoms with Crippen molar-refractivity contribution in [3.8, 4) is 0 Å². The average molecular weight is 287 g/mol. The van der Waals surface area contributed by atoms with Crippen LogP contribution in [0.5, 0.6) is 0 Å². The van der Waals surface area contributed by atoms with Gasteiger partial charge in [0.1, 0.15) is 5.82 Å². The standard InChI is InChI=1S/C12H16BrFN2/c1-2-9-8-16(6-5-15-9)10-3-4-11(13)12(14)7-10/h3-4,7,9,15H,2,5-6,8H2,1H3. The van der Waals surface area contributed by atoms with Crippen LogP contribution in [0.3, 0.4) is 0 Å². The van der Waals surface area contributed by atoms with Crippen molar-refractivity contribution >= 4 is 21.6 Å². The number of hydrogen-bond donors (Lipinski definition) is 1. The maximum atomic E-state index is 13.4. The molecule has 16 heavy (non-hydrogen) atoms. The van der Waals surface area contributed by atoms with E-state index in [4.69, 9.17) is 0 Å². The van der Waals surface area contributed by atoms with Crippen molar-refractivity contribution in [2.45, 2.75) is 19.4 Å². The molecular formula is C12H16BrFN2. The summed E-state index contributed by atoms with van der Waals surface area (Å²) < 4.78 is 14.0. The van der Waals surface area contributed by atoms with Crippen LogP contribution in [0.4, 0.5) is 10.1 Å². The van der Waals surface area contributed by atoms with Gasteiger partial charge in [0.2, 0.25) is 0 Å². The predicted molar refractivity (Wildman–Crippen MR) is 68.4 cm³/mol. The third-order valence-electron chi connectivity index (χ3n) is 3.02. The van der Waals surface area contributed by atoms with Crippen LogP contribution in [-0.4, -0.2) is 25.7 Å². The Kier molecular flexibility index (Phi) is 3.82. The lowest BCUT2D eigenvalue weighted by molar-refractivity contribution is 0.446. The highest BCUT2D eigenvalue weighted by atomic mass is 79.9. The molecule has 0 spiro atoms. The number of nitrogens with zero attached hydrogens (tertiary/aromatic N) is 1. The summed E-state index contributed by atoms with van der Waals surface area (Å²) in [5, 5.41) is 3.45. The molecule has 0 bridgehead atoms. The highest BCUT2D eigenvalue weighted by Crippen LogP contribution is 2.23. The molecule has 1 atom stereocenters. The van der Waals surface area contributed by atoms with Crippen molar-refractivity contribution in [3.63, 3.8) is 0 Å². The summed E-state index contributed by atoms with van der Waals surface area (Å²) in [6.45, 7) is 5.04. The molecule has 1 aromatic carbocycles. The minimum absolute atomic E-state index is 0.191. The summed E-state index contributed by atoms with van der Waals surface area (Å²) in [5.41, 5.74) is 0.973. The number of halogens is 2. The van der Waals surface area contributed by atoms with Gasteiger partial charge in [-0.1, -0.05) is 6.92 Å². The lowest BCUT2D eigenvalue weighted by Crippen LogP contribution is -2.50. The first-order valence-electron chi connectivity index (χ1n) is 5.64. The predicted octanol–water partition coefficient (Wildman–Crippen LogP) is 2.78. The van der Waals surface area contributed by atoms with E-state index >= 15 is 0 Å². The van der Waals surface area contributed by atoms with Gasteiger partial charge < -0.3 is 10.2 Å². The normalized spacial score (nSPS) is 21.2. The fraction of sp³-hybridized carbons (Fsp3) is 0.500. The van der Waals surface area contributed by atoms with Gasteiger partial charge in [-0.3, -0.25) is 0 Å². The number of hydrogen-bond acceptors (Lipinski definition) is 2. The van der Waals surface area contributed by atoms with E-state index in [1.165, 1.54) is 0 Å². The average Bonchev–Trinajstić information content (AvgIpc) is 2.33. The van der Waals surface area contributed by atoms with Crippen molar-refractivity contribution in [2.24, 2.45) is 0 Å². The van der Waals surface area contributed by atoms with E-state index in [0.717, 1.165) is 31.7 Å². The summed E-state index contributed by atoms with van der Waals surface area (Å²) in [5.74, 6) is -0.191. The molecule has 2 nitrogen and oxygen atoms in total. The lowest BCUT2D eigenvalue weighted by Gasteiger charge is -2.35. The minimum Gasteiger partial charge on any atom is -0.369 e. The fourth-order valence-electron chi connectivity index (χ4n) is 2.02. The third-order valence-corrected chi connectivity index (χ3v) is 3.66. The molecule has 0 aromatic heterocycles. The molecule has 1 aromatic rings. The van der Waals surface area contributed by atoms with Gasteiger partial charge in [0, 0.05) is 31.4 Å². The molecule has 4 heteroatoms. The topological polar surface area (TPSA) is 15.3 Å². The highest BCUT2D eigenvalue weighted by Gasteiger charge is 2.18. The smallest absolute Gasteiger partial charge is 0.139 e. The van der Waals surface area contributed by atoms with Gasteiger partial charge in [-0.15, -0.1) is 0 Å². The number of piperazine rings is 1. The number of benzene rings is 1. The van der Waals surface area contributed by atoms with Crippen LogP contribution < -0.4 is 10.2 Å². The van der Waals surface area contributed by atoms with E-state index in [-0.39, 0.29) is 5.82 Å². The summed E-state index contributed by atoms with van der Waals surface area (Å²) >= 11 is 3.17. The summed E-state index contributed by atoms with van der Waals surface area (Å²) in [7, 11) is 0. The zero-order valence-electron chi connectivity index (χ0n) is 9.34. The number of nitrogens with one attached hydrogen (secondary N) is 1. The van der Waals surface area contributed by atoms with E-state index in [1.54, 1.807) is 12.1 Å². The molecule has 2 rings (SSSR count). The largest absolute Gasteiger partial charge is 0.369 e. The second kappa shape index (κ2) is 5.15. The maximum Gasteiger partial charge on any atom is 0.139 e. The molecule has 88 valence electrons. The highest BCUT2D eigenvalue weighted by molar-refractivity contribution is 9.10. The molecule has 0 amide bonds. The summed E-state index contributed by atoms with van der Waals surface area (Å²) in [6.07, 6.45) is 1.11. The third kappa shape index (κ3) is 2.55. The quantitative estimate of drug-likeness (QED) is 0.899. The number of rotatable bonds is 2. The molecule has 0 saturated carbocycles. The van der Waals surface area contributed by atoms with Crippen LogP contribution in [0.2, 0.25) is 0 Å². The molecule has 1 saturated heterocycles. The van der Waals surface area contributed by atoms with Crippen LogP contribution in [0.1, 0.15) is 13.3 Å². The Morgan fingerprint density at radius 2 is 2.38 bits per heavy atom. The Morgan fingerprint density at radius 1 is 1.56 bits per heavy atom. The molecule has 1 N–H and O–H groups in total. The van der Waals surface area contributed by atoms with E-state index in [1.807, 2.05) is 6.07 Å². The zero-order chi connectivity index (χ0) is 11.5. The van der Waals surface area contributed by atoms with Crippen molar-refractivity contribution < 1.29 is 4.39 Å². The SMILES string of the molecule is CCC1CN(c2ccc(Br)c(F)c2)CCN1. The molecule has 1 unspecified atom stereocenters. The Labute approximate surface area is 104 Å². The maximum absolute atomic E-state index is 13.4. The zero-order valence-corrected chi connectivity index (χ0v) is 10.9. The van der Waals surface area contributed by atoms with Crippen LogP contribution in [-0.2, 0) is 0 Å². The molecule has 1 aliphatic heterocycles. The lowest BCUT2D eigenvalue weighted by atomic mass is 10.1. The Balaban J connectivity index is 2.13. The molecule has 0 aliphatic carbocycles. The molecular weight excluding hydrogens is 271 g/mol. The van der Waals surface area contributed by atoms with Crippen LogP contribution in [0.15, 0.2) is 22.7 Å². The first-order valence-corrected chi connectivity index (χ1v) is 6.43. The second-order valence-electron chi connectivity index (χ2n) is 4.10. The Bertz CT molecular complexity index is 370. The van der Waals surface area contributed by atoms with Gasteiger partial charge in [-0.25, -0.2) is 4.39 Å². The van der Waals surface area contributed by atoms with Gasteiger partial charge in [0.25, 0.3) is 0 Å². The minimum atomic E-state index is -0.191. The molecule has 0 radical (unpaired) electrons. The van der Waals surface area contributed by atoms with Crippen molar-refractivity contribution in [1.29, 1.82) is 0 Å². The van der Waals surface area contributed by atoms with Crippen molar-refractivity contribution in [2.75, 3.05) is 24.5 Å². The first-order chi connectivity index (χ1) is 7.70. The molecule has 1 heterocycles. The summed E-state index contributed by atoms with van der Waals surface area (Å²) in [4.78, 5) is 2.24. The summed E-state index contributed by atoms with van der Waals surface area (Å²) in [6, 6.07) is 5.85. The van der Waals surface area contributed by atoms with Gasteiger partial charge in [0.05, 0.1) is 4.47 Å². The molecule has 1 fully saturated rings. The monoisotopic (exact) mass is 286 g/mol. The van der Waals surface area contributed by atoms with Crippen LogP contribution in [0.25, 0.3) is 0 Å². The Morgan fingerprint density at radius 3 is 3.06 bits per heavy atom. The molecule has 1 aliphatic rings. The first kappa shape index (κ1) is 11.9. The van der Waals surface area contributed by atoms with E-state index in [2.05, 4.69) is 33.1 Å². The Hall–Kier alpha value is -0.610. The number of anilines is 1. The van der Waals surface area contributed by atoms with Crippen molar-refractivity contribution in [1.82, 2.24) is 5.32 Å². The fourth-order valence-corrected chi connectivity index (χ4v) is 2.26. The van der Waals surface area contributed by atoms with Gasteiger partial charge in [-0.2, -0.15) is 0 Å². The van der Waals surface area contributed by atoms with E-state index in [0.29, 0.717) is 10.5 Å². The van der Waals surface area contributed by atoms with E-state index in [9.17, 15) is 4.39 Å². The second-order valence-corrected chi connectivity index (χ2v) is 4.96. The van der Waals surface area contributed by atoms with Crippen LogP contribution >= 0.6 is 15.9 Å². The van der Waals surface area contributed by atoms with Crippen LogP contribution in [0, 0.1) is 5.82 Å². The van der Waals surface area contributed by atoms with E-state index < -0.39 is 0 Å². The van der Waals surface area contributed by atoms with Gasteiger partial charge in [-0.05, 0) is 40.5 Å². The van der Waals surface area contributed by atoms with Gasteiger partial charge in [0.15, 0.2) is 0 Å².